The van der Waals surface area contributed by atoms with Gasteiger partial charge in [0.2, 0.25) is 0 Å². The van der Waals surface area contributed by atoms with Crippen LogP contribution in [0.15, 0.2) is 140 Å². The van der Waals surface area contributed by atoms with Crippen molar-refractivity contribution in [1.82, 2.24) is 15.0 Å². The maximum Gasteiger partial charge on any atom is 0.164 e. The minimum Gasteiger partial charge on any atom is -0.208 e. The molecule has 1 heterocycles. The van der Waals surface area contributed by atoms with Gasteiger partial charge in [0.25, 0.3) is 0 Å². The Morgan fingerprint density at radius 3 is 1.79 bits per heavy atom. The lowest BCUT2D eigenvalue weighted by molar-refractivity contribution is 0.0780. The highest BCUT2D eigenvalue weighted by Gasteiger charge is 2.45. The highest BCUT2D eigenvalue weighted by Crippen LogP contribution is 2.54. The average Bonchev–Trinajstić information content (AvgIpc) is 3.20. The van der Waals surface area contributed by atoms with Crippen LogP contribution in [-0.2, 0) is 5.41 Å². The van der Waals surface area contributed by atoms with E-state index in [2.05, 4.69) is 135 Å². The zero-order valence-corrected chi connectivity index (χ0v) is 30.3. The van der Waals surface area contributed by atoms with Gasteiger partial charge in [0.15, 0.2) is 17.5 Å². The van der Waals surface area contributed by atoms with Crippen LogP contribution >= 0.6 is 0 Å². The standard InChI is InChI=1S/C49H42N4/c1-32-23-35-24-33(2)29-49(28-32,30-35)43-21-19-38(20-22-43)46-51-47(41-14-6-12-39(26-41)36-9-4-3-5-10-36)53-48(52-46)42-15-7-13-40(27-42)44-16-8-11-37-18-17-34(31-50)25-45(37)44/h3-22,25-27,32-33,35H,23-24,28-30H2,1-2H3/t32-,33+,35-,49?. The molecule has 2 saturated carbocycles. The van der Waals surface area contributed by atoms with Crippen molar-refractivity contribution in [2.45, 2.75) is 51.4 Å². The van der Waals surface area contributed by atoms with Crippen LogP contribution in [0.2, 0.25) is 0 Å². The van der Waals surface area contributed by atoms with Gasteiger partial charge in [0.1, 0.15) is 0 Å². The van der Waals surface area contributed by atoms with Crippen molar-refractivity contribution in [3.05, 3.63) is 151 Å². The van der Waals surface area contributed by atoms with Gasteiger partial charge in [-0.3, -0.25) is 0 Å². The summed E-state index contributed by atoms with van der Waals surface area (Å²) in [4.78, 5) is 15.5. The maximum atomic E-state index is 9.64. The number of hydrogen-bond donors (Lipinski definition) is 0. The number of benzene rings is 6. The van der Waals surface area contributed by atoms with Crippen molar-refractivity contribution >= 4 is 10.8 Å². The fourth-order valence-corrected chi connectivity index (χ4v) is 9.68. The number of rotatable bonds is 6. The maximum absolute atomic E-state index is 9.64. The van der Waals surface area contributed by atoms with Gasteiger partial charge >= 0.3 is 0 Å². The largest absolute Gasteiger partial charge is 0.208 e. The molecule has 1 aromatic heterocycles. The molecular weight excluding hydrogens is 645 g/mol. The molecule has 258 valence electrons. The first-order valence-electron chi connectivity index (χ1n) is 19.0. The van der Waals surface area contributed by atoms with Crippen molar-refractivity contribution in [2.24, 2.45) is 17.8 Å². The number of nitrogens with zero attached hydrogens (tertiary/aromatic N) is 4. The average molecular weight is 687 g/mol. The second kappa shape index (κ2) is 13.6. The van der Waals surface area contributed by atoms with Crippen LogP contribution in [0.1, 0.15) is 57.1 Å². The SMILES string of the molecule is C[C@@H]1C[C@@H]2C[C@H](C)CC(c3ccc(-c4nc(-c5cccc(-c6ccccc6)c5)nc(-c5cccc(-c6cccc7ccc(C#N)cc67)c5)n4)cc3)(C1)C2. The molecule has 6 aromatic carbocycles. The first-order chi connectivity index (χ1) is 25.9. The Hall–Kier alpha value is -5.92. The molecule has 0 spiro atoms. The van der Waals surface area contributed by atoms with E-state index in [-0.39, 0.29) is 5.41 Å². The van der Waals surface area contributed by atoms with Crippen LogP contribution in [0.3, 0.4) is 0 Å². The minimum absolute atomic E-state index is 0.266. The van der Waals surface area contributed by atoms with E-state index in [9.17, 15) is 5.26 Å². The lowest BCUT2D eigenvalue weighted by Gasteiger charge is -2.50. The molecule has 1 unspecified atom stereocenters. The number of nitriles is 1. The van der Waals surface area contributed by atoms with Gasteiger partial charge in [-0.05, 0) is 118 Å². The number of aromatic nitrogens is 3. The monoisotopic (exact) mass is 686 g/mol. The summed E-state index contributed by atoms with van der Waals surface area (Å²) in [5.74, 6) is 4.30. The molecule has 9 rings (SSSR count). The van der Waals surface area contributed by atoms with Crippen LogP contribution in [0.5, 0.6) is 0 Å². The molecule has 4 atom stereocenters. The minimum atomic E-state index is 0.266. The fraction of sp³-hybridized carbons (Fsp3) is 0.224. The van der Waals surface area contributed by atoms with E-state index in [0.717, 1.165) is 67.5 Å². The first-order valence-corrected chi connectivity index (χ1v) is 19.0. The van der Waals surface area contributed by atoms with Crippen molar-refractivity contribution < 1.29 is 0 Å². The molecule has 4 nitrogen and oxygen atoms in total. The van der Waals surface area contributed by atoms with Gasteiger partial charge in [0, 0.05) is 16.7 Å². The normalized spacial score (nSPS) is 20.9. The third kappa shape index (κ3) is 6.42. The predicted octanol–water partition coefficient (Wildman–Crippen LogP) is 12.3. The Morgan fingerprint density at radius 2 is 1.11 bits per heavy atom. The second-order valence-corrected chi connectivity index (χ2v) is 15.7. The van der Waals surface area contributed by atoms with E-state index in [0.29, 0.717) is 23.0 Å². The van der Waals surface area contributed by atoms with Crippen LogP contribution in [-0.4, -0.2) is 15.0 Å². The third-order valence-corrected chi connectivity index (χ3v) is 11.7. The summed E-state index contributed by atoms with van der Waals surface area (Å²) < 4.78 is 0. The van der Waals surface area contributed by atoms with Gasteiger partial charge in [-0.1, -0.05) is 129 Å². The highest BCUT2D eigenvalue weighted by atomic mass is 15.0. The van der Waals surface area contributed by atoms with Gasteiger partial charge in [0.05, 0.1) is 11.6 Å². The smallest absolute Gasteiger partial charge is 0.164 e. The molecule has 2 aliphatic rings. The molecule has 0 radical (unpaired) electrons. The van der Waals surface area contributed by atoms with Crippen LogP contribution in [0, 0.1) is 29.1 Å². The Kier molecular flexibility index (Phi) is 8.43. The summed E-state index contributed by atoms with van der Waals surface area (Å²) in [7, 11) is 0. The quantitative estimate of drug-likeness (QED) is 0.175. The van der Waals surface area contributed by atoms with E-state index in [4.69, 9.17) is 15.0 Å². The molecule has 0 N–H and O–H groups in total. The van der Waals surface area contributed by atoms with Crippen molar-refractivity contribution in [3.63, 3.8) is 0 Å². The zero-order chi connectivity index (χ0) is 35.9. The molecule has 0 amide bonds. The van der Waals surface area contributed by atoms with Crippen molar-refractivity contribution in [2.75, 3.05) is 0 Å². The van der Waals surface area contributed by atoms with Crippen LogP contribution < -0.4 is 0 Å². The van der Waals surface area contributed by atoms with Gasteiger partial charge < -0.3 is 0 Å². The molecule has 2 aliphatic carbocycles. The predicted molar refractivity (Wildman–Crippen MR) is 216 cm³/mol. The summed E-state index contributed by atoms with van der Waals surface area (Å²) >= 11 is 0. The number of fused-ring (bicyclic) bond motifs is 3. The van der Waals surface area contributed by atoms with E-state index in [1.807, 2.05) is 24.3 Å². The zero-order valence-electron chi connectivity index (χ0n) is 30.3. The van der Waals surface area contributed by atoms with E-state index < -0.39 is 0 Å². The Bertz CT molecular complexity index is 2480. The Balaban J connectivity index is 1.15. The molecule has 7 aromatic rings. The molecule has 4 heteroatoms. The van der Waals surface area contributed by atoms with Crippen LogP contribution in [0.25, 0.3) is 67.2 Å². The lowest BCUT2D eigenvalue weighted by Crippen LogP contribution is -2.42. The second-order valence-electron chi connectivity index (χ2n) is 15.7. The van der Waals surface area contributed by atoms with Crippen molar-refractivity contribution in [3.8, 4) is 62.5 Å². The Labute approximate surface area is 312 Å². The molecule has 0 saturated heterocycles. The number of hydrogen-bond acceptors (Lipinski definition) is 4. The van der Waals surface area contributed by atoms with Gasteiger partial charge in [-0.2, -0.15) is 5.26 Å². The molecule has 2 bridgehead atoms. The van der Waals surface area contributed by atoms with Crippen LogP contribution in [0.4, 0.5) is 0 Å². The van der Waals surface area contributed by atoms with E-state index >= 15 is 0 Å². The van der Waals surface area contributed by atoms with Gasteiger partial charge in [-0.15, -0.1) is 0 Å². The van der Waals surface area contributed by atoms with E-state index in [1.165, 1.54) is 37.7 Å². The molecule has 53 heavy (non-hydrogen) atoms. The molecule has 0 aliphatic heterocycles. The fourth-order valence-electron chi connectivity index (χ4n) is 9.68. The van der Waals surface area contributed by atoms with Gasteiger partial charge in [-0.25, -0.2) is 15.0 Å². The topological polar surface area (TPSA) is 62.5 Å². The van der Waals surface area contributed by atoms with E-state index in [1.54, 1.807) is 0 Å². The lowest BCUT2D eigenvalue weighted by atomic mass is 9.54. The summed E-state index contributed by atoms with van der Waals surface area (Å²) in [6, 6.07) is 50.9. The highest BCUT2D eigenvalue weighted by molar-refractivity contribution is 5.98. The summed E-state index contributed by atoms with van der Waals surface area (Å²) in [6.07, 6.45) is 6.60. The Morgan fingerprint density at radius 1 is 0.528 bits per heavy atom. The first kappa shape index (κ1) is 33.0. The van der Waals surface area contributed by atoms with Crippen molar-refractivity contribution in [1.29, 1.82) is 5.26 Å². The molecular formula is C49H42N4. The summed E-state index contributed by atoms with van der Waals surface area (Å²) in [6.45, 7) is 4.90. The summed E-state index contributed by atoms with van der Waals surface area (Å²) in [5.41, 5.74) is 9.61. The molecule has 2 fully saturated rings. The third-order valence-electron chi connectivity index (χ3n) is 11.7. The summed E-state index contributed by atoms with van der Waals surface area (Å²) in [5, 5.41) is 11.8.